The molecule has 1 saturated heterocycles. The van der Waals surface area contributed by atoms with Crippen molar-refractivity contribution in [3.05, 3.63) is 59.7 Å². The van der Waals surface area contributed by atoms with Gasteiger partial charge in [-0.25, -0.2) is 4.39 Å². The molecule has 1 fully saturated rings. The predicted octanol–water partition coefficient (Wildman–Crippen LogP) is 3.67. The van der Waals surface area contributed by atoms with Crippen LogP contribution in [0, 0.1) is 5.82 Å². The van der Waals surface area contributed by atoms with Crippen molar-refractivity contribution in [1.29, 1.82) is 0 Å². The number of carbonyl (C=O) groups excluding carboxylic acids is 1. The van der Waals surface area contributed by atoms with Crippen molar-refractivity contribution in [3.63, 3.8) is 0 Å². The average Bonchev–Trinajstić information content (AvgIpc) is 3.52. The van der Waals surface area contributed by atoms with E-state index in [1.165, 1.54) is 32.0 Å². The lowest BCUT2D eigenvalue weighted by Gasteiger charge is -2.13. The normalized spacial score (nSPS) is 15.3. The minimum Gasteiger partial charge on any atom is -0.497 e. The Morgan fingerprint density at radius 1 is 1.21 bits per heavy atom. The highest BCUT2D eigenvalue weighted by molar-refractivity contribution is 7.99. The number of ether oxygens (including phenoxy) is 3. The molecule has 0 radical (unpaired) electrons. The van der Waals surface area contributed by atoms with Gasteiger partial charge in [-0.15, -0.1) is 10.2 Å². The number of rotatable bonds is 10. The highest BCUT2D eigenvalue weighted by Crippen LogP contribution is 2.27. The van der Waals surface area contributed by atoms with Crippen LogP contribution in [0.1, 0.15) is 29.0 Å². The second-order valence-electron chi connectivity index (χ2n) is 7.74. The van der Waals surface area contributed by atoms with Gasteiger partial charge in [-0.1, -0.05) is 23.9 Å². The molecule has 180 valence electrons. The van der Waals surface area contributed by atoms with Crippen LogP contribution in [-0.4, -0.2) is 59.9 Å². The smallest absolute Gasteiger partial charge is 0.251 e. The van der Waals surface area contributed by atoms with Crippen LogP contribution < -0.4 is 14.8 Å². The van der Waals surface area contributed by atoms with Crippen molar-refractivity contribution >= 4 is 17.7 Å². The summed E-state index contributed by atoms with van der Waals surface area (Å²) in [7, 11) is 3.06. The van der Waals surface area contributed by atoms with E-state index in [-0.39, 0.29) is 17.8 Å². The lowest BCUT2D eigenvalue weighted by atomic mass is 10.2. The average molecular weight is 487 g/mol. The van der Waals surface area contributed by atoms with Gasteiger partial charge in [-0.3, -0.25) is 9.36 Å². The second-order valence-corrected chi connectivity index (χ2v) is 8.73. The number of nitrogens with zero attached hydrogens (tertiary/aromatic N) is 3. The van der Waals surface area contributed by atoms with Gasteiger partial charge in [0.05, 0.1) is 26.0 Å². The standard InChI is InChI=1S/C24H27FN4O4S/c1-31-18-12-16(13-19(14-18)32-2)23(30)26-10-9-22-27-28-24(34-15-17-6-5-11-33-17)29(22)21-8-4-3-7-20(21)25/h3-4,7-8,12-14,17H,5-6,9-11,15H2,1-2H3,(H,26,30). The molecular weight excluding hydrogens is 459 g/mol. The zero-order valence-electron chi connectivity index (χ0n) is 19.1. The first-order valence-electron chi connectivity index (χ1n) is 11.0. The Hall–Kier alpha value is -3.11. The topological polar surface area (TPSA) is 87.5 Å². The van der Waals surface area contributed by atoms with Crippen molar-refractivity contribution in [1.82, 2.24) is 20.1 Å². The fourth-order valence-corrected chi connectivity index (χ4v) is 4.73. The Morgan fingerprint density at radius 2 is 1.97 bits per heavy atom. The first-order chi connectivity index (χ1) is 16.6. The van der Waals surface area contributed by atoms with Gasteiger partial charge in [0, 0.05) is 37.0 Å². The number of halogens is 1. The fourth-order valence-electron chi connectivity index (χ4n) is 3.70. The number of nitrogens with one attached hydrogen (secondary N) is 1. The van der Waals surface area contributed by atoms with Crippen molar-refractivity contribution in [2.75, 3.05) is 33.1 Å². The van der Waals surface area contributed by atoms with Crippen LogP contribution in [-0.2, 0) is 11.2 Å². The summed E-state index contributed by atoms with van der Waals surface area (Å²) in [4.78, 5) is 12.7. The highest BCUT2D eigenvalue weighted by Gasteiger charge is 2.21. The van der Waals surface area contributed by atoms with Gasteiger partial charge in [-0.2, -0.15) is 0 Å². The molecule has 2 aromatic carbocycles. The van der Waals surface area contributed by atoms with Crippen molar-refractivity contribution < 1.29 is 23.4 Å². The molecule has 34 heavy (non-hydrogen) atoms. The quantitative estimate of drug-likeness (QED) is 0.438. The number of carbonyl (C=O) groups is 1. The van der Waals surface area contributed by atoms with Crippen LogP contribution in [0.25, 0.3) is 5.69 Å². The van der Waals surface area contributed by atoms with Crippen LogP contribution in [0.15, 0.2) is 47.6 Å². The van der Waals surface area contributed by atoms with E-state index in [1.807, 2.05) is 0 Å². The number of methoxy groups -OCH3 is 2. The first-order valence-corrected chi connectivity index (χ1v) is 12.0. The van der Waals surface area contributed by atoms with Crippen molar-refractivity contribution in [3.8, 4) is 17.2 Å². The van der Waals surface area contributed by atoms with E-state index in [2.05, 4.69) is 15.5 Å². The van der Waals surface area contributed by atoms with E-state index < -0.39 is 0 Å². The summed E-state index contributed by atoms with van der Waals surface area (Å²) >= 11 is 1.50. The minimum absolute atomic E-state index is 0.165. The molecule has 0 saturated carbocycles. The minimum atomic E-state index is -0.366. The number of benzene rings is 2. The first kappa shape index (κ1) is 24.0. The molecule has 1 aromatic heterocycles. The van der Waals surface area contributed by atoms with Crippen LogP contribution in [0.4, 0.5) is 4.39 Å². The van der Waals surface area contributed by atoms with Crippen LogP contribution >= 0.6 is 11.8 Å². The van der Waals surface area contributed by atoms with Gasteiger partial charge >= 0.3 is 0 Å². The number of aromatic nitrogens is 3. The SMILES string of the molecule is COc1cc(OC)cc(C(=O)NCCc2nnc(SCC3CCCO3)n2-c2ccccc2F)c1. The summed E-state index contributed by atoms with van der Waals surface area (Å²) < 4.78 is 32.5. The molecule has 0 bridgehead atoms. The third kappa shape index (κ3) is 5.68. The summed E-state index contributed by atoms with van der Waals surface area (Å²) in [6.07, 6.45) is 2.59. The summed E-state index contributed by atoms with van der Waals surface area (Å²) in [5.74, 6) is 1.69. The van der Waals surface area contributed by atoms with Gasteiger partial charge in [0.2, 0.25) is 0 Å². The fraction of sp³-hybridized carbons (Fsp3) is 0.375. The van der Waals surface area contributed by atoms with Crippen molar-refractivity contribution in [2.45, 2.75) is 30.5 Å². The second kappa shape index (κ2) is 11.3. The van der Waals surface area contributed by atoms with E-state index in [9.17, 15) is 9.18 Å². The van der Waals surface area contributed by atoms with Crippen LogP contribution in [0.5, 0.6) is 11.5 Å². The molecule has 1 unspecified atom stereocenters. The summed E-state index contributed by atoms with van der Waals surface area (Å²) in [6, 6.07) is 11.5. The zero-order valence-corrected chi connectivity index (χ0v) is 19.9. The Balaban J connectivity index is 1.48. The van der Waals surface area contributed by atoms with Gasteiger partial charge in [-0.05, 0) is 37.1 Å². The lowest BCUT2D eigenvalue weighted by Crippen LogP contribution is -2.26. The van der Waals surface area contributed by atoms with Crippen LogP contribution in [0.2, 0.25) is 0 Å². The molecule has 2 heterocycles. The van der Waals surface area contributed by atoms with E-state index in [1.54, 1.807) is 41.0 Å². The molecular formula is C24H27FN4O4S. The third-order valence-electron chi connectivity index (χ3n) is 5.46. The molecule has 0 spiro atoms. The van der Waals surface area contributed by atoms with Crippen LogP contribution in [0.3, 0.4) is 0 Å². The van der Waals surface area contributed by atoms with E-state index >= 15 is 0 Å². The molecule has 1 aliphatic rings. The molecule has 0 aliphatic carbocycles. The lowest BCUT2D eigenvalue weighted by molar-refractivity contribution is 0.0953. The molecule has 1 atom stereocenters. The maximum atomic E-state index is 14.7. The maximum Gasteiger partial charge on any atom is 0.251 e. The molecule has 1 amide bonds. The third-order valence-corrected chi connectivity index (χ3v) is 6.52. The molecule has 10 heteroatoms. The van der Waals surface area contributed by atoms with Crippen molar-refractivity contribution in [2.24, 2.45) is 0 Å². The Labute approximate surface area is 201 Å². The molecule has 3 aromatic rings. The van der Waals surface area contributed by atoms with Gasteiger partial charge in [0.15, 0.2) is 5.16 Å². The molecule has 8 nitrogen and oxygen atoms in total. The monoisotopic (exact) mass is 486 g/mol. The molecule has 1 aliphatic heterocycles. The predicted molar refractivity (Wildman–Crippen MR) is 127 cm³/mol. The summed E-state index contributed by atoms with van der Waals surface area (Å²) in [5, 5.41) is 12.1. The van der Waals surface area contributed by atoms with E-state index in [0.29, 0.717) is 46.7 Å². The number of hydrogen-bond acceptors (Lipinski definition) is 7. The molecule has 1 N–H and O–H groups in total. The number of thioether (sulfide) groups is 1. The van der Waals surface area contributed by atoms with Gasteiger partial charge in [0.25, 0.3) is 5.91 Å². The number of amides is 1. The zero-order chi connectivity index (χ0) is 23.9. The van der Waals surface area contributed by atoms with E-state index in [4.69, 9.17) is 14.2 Å². The Morgan fingerprint density at radius 3 is 2.65 bits per heavy atom. The Kier molecular flexibility index (Phi) is 8.02. The highest BCUT2D eigenvalue weighted by atomic mass is 32.2. The number of hydrogen-bond donors (Lipinski definition) is 1. The summed E-state index contributed by atoms with van der Waals surface area (Å²) in [5.41, 5.74) is 0.792. The maximum absolute atomic E-state index is 14.7. The Bertz CT molecular complexity index is 1110. The largest absolute Gasteiger partial charge is 0.497 e. The van der Waals surface area contributed by atoms with Gasteiger partial charge < -0.3 is 19.5 Å². The van der Waals surface area contributed by atoms with E-state index in [0.717, 1.165) is 25.2 Å². The van der Waals surface area contributed by atoms with Gasteiger partial charge in [0.1, 0.15) is 23.1 Å². The number of para-hydroxylation sites is 1. The summed E-state index contributed by atoms with van der Waals surface area (Å²) in [6.45, 7) is 1.07. The molecule has 4 rings (SSSR count).